The number of methoxy groups -OCH3 is 1. The molecule has 0 aliphatic carbocycles. The van der Waals surface area contributed by atoms with Crippen molar-refractivity contribution in [1.82, 2.24) is 4.90 Å². The van der Waals surface area contributed by atoms with E-state index in [1.807, 2.05) is 0 Å². The maximum Gasteiger partial charge on any atom is 0.222 e. The molecular formula is C22H27NO3. The van der Waals surface area contributed by atoms with E-state index >= 15 is 0 Å². The van der Waals surface area contributed by atoms with Crippen molar-refractivity contribution in [1.29, 1.82) is 0 Å². The lowest BCUT2D eigenvalue weighted by Gasteiger charge is -2.17. The molecule has 0 aliphatic rings. The molecular weight excluding hydrogens is 326 g/mol. The highest BCUT2D eigenvalue weighted by atomic mass is 16.5. The van der Waals surface area contributed by atoms with E-state index in [9.17, 15) is 9.59 Å². The Hall–Kier alpha value is -2.62. The SMILES string of the molecule is CCc1ccc(CN(C)C(=O)CCCC(=O)c2ccc(OC)cc2)cc1. The van der Waals surface area contributed by atoms with Gasteiger partial charge in [-0.1, -0.05) is 31.2 Å². The topological polar surface area (TPSA) is 46.6 Å². The number of Topliss-reactive ketones (excluding diaryl/α,β-unsaturated/α-hetero) is 1. The number of nitrogens with zero attached hydrogens (tertiary/aromatic N) is 1. The molecule has 0 aromatic heterocycles. The zero-order chi connectivity index (χ0) is 18.9. The van der Waals surface area contributed by atoms with E-state index in [0.717, 1.165) is 17.7 Å². The van der Waals surface area contributed by atoms with Crippen LogP contribution in [0.25, 0.3) is 0 Å². The molecule has 1 amide bonds. The van der Waals surface area contributed by atoms with Gasteiger partial charge in [0.25, 0.3) is 0 Å². The highest BCUT2D eigenvalue weighted by Crippen LogP contribution is 2.14. The molecule has 26 heavy (non-hydrogen) atoms. The van der Waals surface area contributed by atoms with E-state index in [1.54, 1.807) is 43.3 Å². The van der Waals surface area contributed by atoms with Gasteiger partial charge < -0.3 is 9.64 Å². The molecule has 0 saturated carbocycles. The van der Waals surface area contributed by atoms with Gasteiger partial charge in [-0.25, -0.2) is 0 Å². The number of aryl methyl sites for hydroxylation is 1. The summed E-state index contributed by atoms with van der Waals surface area (Å²) in [6, 6.07) is 15.4. The van der Waals surface area contributed by atoms with E-state index in [2.05, 4.69) is 31.2 Å². The van der Waals surface area contributed by atoms with Crippen LogP contribution in [0.2, 0.25) is 0 Å². The number of ether oxygens (including phenoxy) is 1. The van der Waals surface area contributed by atoms with Crippen LogP contribution >= 0.6 is 0 Å². The van der Waals surface area contributed by atoms with Gasteiger partial charge in [0, 0.05) is 32.0 Å². The molecule has 0 saturated heterocycles. The standard InChI is InChI=1S/C22H27NO3/c1-4-17-8-10-18(11-9-17)16-23(2)22(25)7-5-6-21(24)19-12-14-20(26-3)15-13-19/h8-15H,4-7,16H2,1-3H3. The first-order valence-electron chi connectivity index (χ1n) is 9.02. The number of ketones is 1. The van der Waals surface area contributed by atoms with Gasteiger partial charge in [-0.3, -0.25) is 9.59 Å². The predicted molar refractivity (Wildman–Crippen MR) is 103 cm³/mol. The second kappa shape index (κ2) is 9.76. The number of hydrogen-bond donors (Lipinski definition) is 0. The Morgan fingerprint density at radius 3 is 2.12 bits per heavy atom. The van der Waals surface area contributed by atoms with E-state index in [1.165, 1.54) is 5.56 Å². The second-order valence-electron chi connectivity index (χ2n) is 6.43. The summed E-state index contributed by atoms with van der Waals surface area (Å²) < 4.78 is 5.09. The van der Waals surface area contributed by atoms with Crippen molar-refractivity contribution in [2.75, 3.05) is 14.2 Å². The number of hydrogen-bond acceptors (Lipinski definition) is 3. The third kappa shape index (κ3) is 5.73. The van der Waals surface area contributed by atoms with Crippen molar-refractivity contribution >= 4 is 11.7 Å². The van der Waals surface area contributed by atoms with Gasteiger partial charge in [-0.15, -0.1) is 0 Å². The minimum atomic E-state index is 0.0539. The second-order valence-corrected chi connectivity index (χ2v) is 6.43. The van der Waals surface area contributed by atoms with Gasteiger partial charge in [-0.05, 0) is 48.2 Å². The monoisotopic (exact) mass is 353 g/mol. The van der Waals surface area contributed by atoms with Crippen LogP contribution in [-0.2, 0) is 17.8 Å². The van der Waals surface area contributed by atoms with E-state index in [-0.39, 0.29) is 11.7 Å². The first-order chi connectivity index (χ1) is 12.5. The lowest BCUT2D eigenvalue weighted by molar-refractivity contribution is -0.130. The lowest BCUT2D eigenvalue weighted by Crippen LogP contribution is -2.26. The minimum absolute atomic E-state index is 0.0539. The number of amides is 1. The zero-order valence-corrected chi connectivity index (χ0v) is 15.8. The molecule has 138 valence electrons. The summed E-state index contributed by atoms with van der Waals surface area (Å²) >= 11 is 0. The molecule has 2 rings (SSSR count). The first kappa shape index (κ1) is 19.7. The fraction of sp³-hybridized carbons (Fsp3) is 0.364. The maximum atomic E-state index is 12.3. The highest BCUT2D eigenvalue weighted by molar-refractivity contribution is 5.96. The molecule has 2 aromatic rings. The molecule has 2 aromatic carbocycles. The predicted octanol–water partition coefficient (Wildman–Crippen LogP) is 4.27. The van der Waals surface area contributed by atoms with Crippen LogP contribution in [0.5, 0.6) is 5.75 Å². The number of carbonyl (C=O) groups excluding carboxylic acids is 2. The summed E-state index contributed by atoms with van der Waals surface area (Å²) in [5, 5.41) is 0. The van der Waals surface area contributed by atoms with Gasteiger partial charge in [-0.2, -0.15) is 0 Å². The summed E-state index contributed by atoms with van der Waals surface area (Å²) in [4.78, 5) is 26.2. The van der Waals surface area contributed by atoms with E-state index in [4.69, 9.17) is 4.74 Å². The fourth-order valence-corrected chi connectivity index (χ4v) is 2.75. The van der Waals surface area contributed by atoms with Gasteiger partial charge in [0.2, 0.25) is 5.91 Å². The Kier molecular flexibility index (Phi) is 7.39. The van der Waals surface area contributed by atoms with Crippen LogP contribution in [0.3, 0.4) is 0 Å². The molecule has 0 N–H and O–H groups in total. The summed E-state index contributed by atoms with van der Waals surface area (Å²) in [5.74, 6) is 0.843. The molecule has 0 bridgehead atoms. The summed E-state index contributed by atoms with van der Waals surface area (Å²) in [5.41, 5.74) is 3.06. The van der Waals surface area contributed by atoms with Crippen molar-refractivity contribution < 1.29 is 14.3 Å². The van der Waals surface area contributed by atoms with Crippen LogP contribution < -0.4 is 4.74 Å². The zero-order valence-electron chi connectivity index (χ0n) is 15.8. The van der Waals surface area contributed by atoms with Gasteiger partial charge >= 0.3 is 0 Å². The summed E-state index contributed by atoms with van der Waals surface area (Å²) in [7, 11) is 3.40. The fourth-order valence-electron chi connectivity index (χ4n) is 2.75. The Balaban J connectivity index is 1.76. The molecule has 0 unspecified atom stereocenters. The average Bonchev–Trinajstić information content (AvgIpc) is 2.68. The van der Waals surface area contributed by atoms with Crippen molar-refractivity contribution in [2.24, 2.45) is 0 Å². The largest absolute Gasteiger partial charge is 0.497 e. The number of rotatable bonds is 9. The molecule has 4 heteroatoms. The van der Waals surface area contributed by atoms with Crippen molar-refractivity contribution in [2.45, 2.75) is 39.2 Å². The highest BCUT2D eigenvalue weighted by Gasteiger charge is 2.11. The molecule has 0 radical (unpaired) electrons. The van der Waals surface area contributed by atoms with Gasteiger partial charge in [0.05, 0.1) is 7.11 Å². The smallest absolute Gasteiger partial charge is 0.222 e. The molecule has 0 spiro atoms. The van der Waals surface area contributed by atoms with Crippen LogP contribution in [0.4, 0.5) is 0 Å². The quantitative estimate of drug-likeness (QED) is 0.633. The molecule has 0 aliphatic heterocycles. The van der Waals surface area contributed by atoms with Crippen LogP contribution in [0.1, 0.15) is 47.7 Å². The Labute approximate surface area is 155 Å². The third-order valence-electron chi connectivity index (χ3n) is 4.48. The minimum Gasteiger partial charge on any atom is -0.497 e. The Morgan fingerprint density at radius 2 is 1.54 bits per heavy atom. The number of benzene rings is 2. The molecule has 0 heterocycles. The van der Waals surface area contributed by atoms with Crippen LogP contribution in [0.15, 0.2) is 48.5 Å². The third-order valence-corrected chi connectivity index (χ3v) is 4.48. The molecule has 4 nitrogen and oxygen atoms in total. The summed E-state index contributed by atoms with van der Waals surface area (Å²) in [6.07, 6.45) is 2.32. The Bertz CT molecular complexity index is 720. The maximum absolute atomic E-state index is 12.3. The first-order valence-corrected chi connectivity index (χ1v) is 9.02. The van der Waals surface area contributed by atoms with E-state index < -0.39 is 0 Å². The van der Waals surface area contributed by atoms with Crippen molar-refractivity contribution in [3.8, 4) is 5.75 Å². The normalized spacial score (nSPS) is 10.4. The van der Waals surface area contributed by atoms with Crippen LogP contribution in [-0.4, -0.2) is 30.7 Å². The lowest BCUT2D eigenvalue weighted by atomic mass is 10.0. The molecule has 0 fully saturated rings. The molecule has 0 atom stereocenters. The van der Waals surface area contributed by atoms with Crippen LogP contribution in [0, 0.1) is 0 Å². The summed E-state index contributed by atoms with van der Waals surface area (Å²) in [6.45, 7) is 2.72. The van der Waals surface area contributed by atoms with Gasteiger partial charge in [0.1, 0.15) is 5.75 Å². The average molecular weight is 353 g/mol. The number of carbonyl (C=O) groups is 2. The van der Waals surface area contributed by atoms with E-state index in [0.29, 0.717) is 31.4 Å². The van der Waals surface area contributed by atoms with Gasteiger partial charge in [0.15, 0.2) is 5.78 Å². The van der Waals surface area contributed by atoms with Crippen molar-refractivity contribution in [3.05, 3.63) is 65.2 Å². The van der Waals surface area contributed by atoms with Crippen molar-refractivity contribution in [3.63, 3.8) is 0 Å². The Morgan fingerprint density at radius 1 is 0.923 bits per heavy atom.